The van der Waals surface area contributed by atoms with Gasteiger partial charge in [0.25, 0.3) is 0 Å². The molecule has 0 saturated carbocycles. The van der Waals surface area contributed by atoms with Crippen molar-refractivity contribution < 1.29 is 9.84 Å². The van der Waals surface area contributed by atoms with Crippen LogP contribution in [0.1, 0.15) is 11.1 Å². The number of rotatable bonds is 6. The minimum atomic E-state index is -0.534. The average Bonchev–Trinajstić information content (AvgIpc) is 2.76. The van der Waals surface area contributed by atoms with Crippen molar-refractivity contribution in [3.05, 3.63) is 53.9 Å². The molecule has 96 valence electrons. The van der Waals surface area contributed by atoms with E-state index in [1.165, 1.54) is 0 Å². The van der Waals surface area contributed by atoms with E-state index in [1.807, 2.05) is 43.5 Å². The molecule has 0 amide bonds. The van der Waals surface area contributed by atoms with E-state index in [1.54, 1.807) is 10.9 Å². The molecule has 0 aliphatic rings. The Morgan fingerprint density at radius 2 is 2.11 bits per heavy atom. The van der Waals surface area contributed by atoms with Crippen LogP contribution in [0.2, 0.25) is 0 Å². The van der Waals surface area contributed by atoms with Gasteiger partial charge in [-0.25, -0.2) is 0 Å². The van der Waals surface area contributed by atoms with Crippen LogP contribution in [0, 0.1) is 6.92 Å². The number of aryl methyl sites for hydroxylation is 1. The van der Waals surface area contributed by atoms with Crippen molar-refractivity contribution >= 4 is 0 Å². The Hall–Kier alpha value is -1.65. The number of aliphatic hydroxyl groups is 1. The molecule has 0 bridgehead atoms. The van der Waals surface area contributed by atoms with Gasteiger partial charge in [-0.15, -0.1) is 0 Å². The molecule has 0 radical (unpaired) electrons. The summed E-state index contributed by atoms with van der Waals surface area (Å²) in [5, 5.41) is 13.9. The summed E-state index contributed by atoms with van der Waals surface area (Å²) in [4.78, 5) is 0. The maximum absolute atomic E-state index is 9.80. The second-order valence-corrected chi connectivity index (χ2v) is 4.39. The fourth-order valence-electron chi connectivity index (χ4n) is 1.72. The van der Waals surface area contributed by atoms with Crippen LogP contribution in [0.5, 0.6) is 0 Å². The highest BCUT2D eigenvalue weighted by molar-refractivity contribution is 5.13. The second-order valence-electron chi connectivity index (χ2n) is 4.39. The number of ether oxygens (including phenoxy) is 1. The van der Waals surface area contributed by atoms with E-state index in [4.69, 9.17) is 4.74 Å². The highest BCUT2D eigenvalue weighted by Gasteiger charge is 2.06. The molecule has 0 saturated heterocycles. The first-order valence-corrected chi connectivity index (χ1v) is 6.03. The lowest BCUT2D eigenvalue weighted by atomic mass is 10.2. The van der Waals surface area contributed by atoms with Gasteiger partial charge in [0.05, 0.1) is 32.1 Å². The first kappa shape index (κ1) is 12.8. The average molecular weight is 246 g/mol. The van der Waals surface area contributed by atoms with E-state index >= 15 is 0 Å². The van der Waals surface area contributed by atoms with Crippen LogP contribution in [-0.2, 0) is 17.9 Å². The van der Waals surface area contributed by atoms with Gasteiger partial charge in [0, 0.05) is 6.20 Å². The Labute approximate surface area is 107 Å². The Kier molecular flexibility index (Phi) is 4.50. The number of benzene rings is 1. The summed E-state index contributed by atoms with van der Waals surface area (Å²) in [5.74, 6) is 0. The SMILES string of the molecule is Cc1cnn(C[C@@H](O)COCc2ccccc2)c1. The normalized spacial score (nSPS) is 12.6. The molecule has 1 N–H and O–H groups in total. The van der Waals surface area contributed by atoms with Gasteiger partial charge in [0.2, 0.25) is 0 Å². The first-order chi connectivity index (χ1) is 8.74. The maximum Gasteiger partial charge on any atom is 0.0969 e. The lowest BCUT2D eigenvalue weighted by Crippen LogP contribution is -2.22. The van der Waals surface area contributed by atoms with E-state index in [2.05, 4.69) is 5.10 Å². The van der Waals surface area contributed by atoms with E-state index in [9.17, 15) is 5.11 Å². The second kappa shape index (κ2) is 6.33. The molecule has 0 spiro atoms. The van der Waals surface area contributed by atoms with E-state index in [0.717, 1.165) is 11.1 Å². The molecule has 0 fully saturated rings. The molecule has 1 aromatic heterocycles. The van der Waals surface area contributed by atoms with Gasteiger partial charge in [-0.05, 0) is 18.1 Å². The molecule has 0 aliphatic carbocycles. The van der Waals surface area contributed by atoms with Crippen molar-refractivity contribution in [1.29, 1.82) is 0 Å². The summed E-state index contributed by atoms with van der Waals surface area (Å²) < 4.78 is 7.20. The van der Waals surface area contributed by atoms with Crippen LogP contribution in [0.25, 0.3) is 0 Å². The number of hydrogen-bond acceptors (Lipinski definition) is 3. The fourth-order valence-corrected chi connectivity index (χ4v) is 1.72. The highest BCUT2D eigenvalue weighted by atomic mass is 16.5. The zero-order valence-electron chi connectivity index (χ0n) is 10.5. The first-order valence-electron chi connectivity index (χ1n) is 6.03. The zero-order chi connectivity index (χ0) is 12.8. The third-order valence-corrected chi connectivity index (χ3v) is 2.58. The number of nitrogens with zero attached hydrogens (tertiary/aromatic N) is 2. The Morgan fingerprint density at radius 1 is 1.33 bits per heavy atom. The molecule has 4 heteroatoms. The minimum Gasteiger partial charge on any atom is -0.389 e. The minimum absolute atomic E-state index is 0.313. The van der Waals surface area contributed by atoms with Crippen LogP contribution in [-0.4, -0.2) is 27.6 Å². The molecule has 0 unspecified atom stereocenters. The van der Waals surface area contributed by atoms with Gasteiger partial charge in [-0.3, -0.25) is 4.68 Å². The molecule has 1 atom stereocenters. The van der Waals surface area contributed by atoms with Crippen molar-refractivity contribution in [3.8, 4) is 0 Å². The van der Waals surface area contributed by atoms with Gasteiger partial charge >= 0.3 is 0 Å². The number of aliphatic hydroxyl groups excluding tert-OH is 1. The predicted molar refractivity (Wildman–Crippen MR) is 69.1 cm³/mol. The highest BCUT2D eigenvalue weighted by Crippen LogP contribution is 2.02. The van der Waals surface area contributed by atoms with Gasteiger partial charge in [-0.1, -0.05) is 30.3 Å². The summed E-state index contributed by atoms with van der Waals surface area (Å²) in [7, 11) is 0. The van der Waals surface area contributed by atoms with Crippen LogP contribution in [0.4, 0.5) is 0 Å². The standard InChI is InChI=1S/C14H18N2O2/c1-12-7-15-16(8-12)9-14(17)11-18-10-13-5-3-2-4-6-13/h2-8,14,17H,9-11H2,1H3/t14-/m1/s1. The van der Waals surface area contributed by atoms with Crippen LogP contribution >= 0.6 is 0 Å². The predicted octanol–water partition coefficient (Wildman–Crippen LogP) is 1.77. The van der Waals surface area contributed by atoms with Crippen molar-refractivity contribution in [3.63, 3.8) is 0 Å². The van der Waals surface area contributed by atoms with Gasteiger partial charge in [0.1, 0.15) is 0 Å². The monoisotopic (exact) mass is 246 g/mol. The zero-order valence-corrected chi connectivity index (χ0v) is 10.5. The van der Waals surface area contributed by atoms with E-state index in [-0.39, 0.29) is 0 Å². The largest absolute Gasteiger partial charge is 0.389 e. The van der Waals surface area contributed by atoms with Crippen LogP contribution in [0.3, 0.4) is 0 Å². The molecule has 2 rings (SSSR count). The van der Waals surface area contributed by atoms with Crippen LogP contribution in [0.15, 0.2) is 42.7 Å². The molecule has 4 nitrogen and oxygen atoms in total. The molecule has 2 aromatic rings. The third kappa shape index (κ3) is 3.98. The Bertz CT molecular complexity index is 468. The maximum atomic E-state index is 9.80. The molecule has 0 aliphatic heterocycles. The molecular weight excluding hydrogens is 228 g/mol. The van der Waals surface area contributed by atoms with E-state index in [0.29, 0.717) is 19.8 Å². The summed E-state index contributed by atoms with van der Waals surface area (Å²) in [6.07, 6.45) is 3.14. The quantitative estimate of drug-likeness (QED) is 0.845. The van der Waals surface area contributed by atoms with Gasteiger partial charge in [0.15, 0.2) is 0 Å². The Morgan fingerprint density at radius 3 is 2.78 bits per heavy atom. The lowest BCUT2D eigenvalue weighted by molar-refractivity contribution is 0.0187. The van der Waals surface area contributed by atoms with Crippen molar-refractivity contribution in [2.45, 2.75) is 26.2 Å². The molecule has 18 heavy (non-hydrogen) atoms. The Balaban J connectivity index is 1.70. The number of aromatic nitrogens is 2. The number of hydrogen-bond donors (Lipinski definition) is 1. The topological polar surface area (TPSA) is 47.3 Å². The summed E-state index contributed by atoms with van der Waals surface area (Å²) in [6, 6.07) is 9.92. The molecular formula is C14H18N2O2. The smallest absolute Gasteiger partial charge is 0.0969 e. The van der Waals surface area contributed by atoms with Gasteiger partial charge in [-0.2, -0.15) is 5.10 Å². The van der Waals surface area contributed by atoms with E-state index < -0.39 is 6.10 Å². The van der Waals surface area contributed by atoms with Crippen molar-refractivity contribution in [2.24, 2.45) is 0 Å². The van der Waals surface area contributed by atoms with Crippen LogP contribution < -0.4 is 0 Å². The third-order valence-electron chi connectivity index (χ3n) is 2.58. The summed E-state index contributed by atoms with van der Waals surface area (Å²) in [6.45, 7) is 3.27. The lowest BCUT2D eigenvalue weighted by Gasteiger charge is -2.11. The molecule has 1 heterocycles. The fraction of sp³-hybridized carbons (Fsp3) is 0.357. The summed E-state index contributed by atoms with van der Waals surface area (Å²) >= 11 is 0. The van der Waals surface area contributed by atoms with Crippen molar-refractivity contribution in [1.82, 2.24) is 9.78 Å². The van der Waals surface area contributed by atoms with Gasteiger partial charge < -0.3 is 9.84 Å². The molecule has 1 aromatic carbocycles. The summed E-state index contributed by atoms with van der Waals surface area (Å²) in [5.41, 5.74) is 2.20. The van der Waals surface area contributed by atoms with Crippen molar-refractivity contribution in [2.75, 3.05) is 6.61 Å².